The van der Waals surface area contributed by atoms with E-state index in [1.165, 1.54) is 6.07 Å². The number of hydrogen-bond donors (Lipinski definition) is 3. The summed E-state index contributed by atoms with van der Waals surface area (Å²) in [6.07, 6.45) is 1.07. The van der Waals surface area contributed by atoms with Gasteiger partial charge in [-0.1, -0.05) is 23.6 Å². The lowest BCUT2D eigenvalue weighted by molar-refractivity contribution is -0.134. The fraction of sp³-hybridized carbons (Fsp3) is 0.292. The van der Waals surface area contributed by atoms with Crippen molar-refractivity contribution in [1.29, 1.82) is 0 Å². The summed E-state index contributed by atoms with van der Waals surface area (Å²) < 4.78 is 0. The Bertz CT molecular complexity index is 1240. The van der Waals surface area contributed by atoms with Gasteiger partial charge in [-0.2, -0.15) is 0 Å². The third kappa shape index (κ3) is 4.47. The van der Waals surface area contributed by atoms with Gasteiger partial charge in [0.2, 0.25) is 5.91 Å². The highest BCUT2D eigenvalue weighted by Gasteiger charge is 2.26. The molecule has 0 radical (unpaired) electrons. The summed E-state index contributed by atoms with van der Waals surface area (Å²) in [6.45, 7) is 2.50. The Hall–Kier alpha value is -3.34. The lowest BCUT2D eigenvalue weighted by Crippen LogP contribution is -2.46. The molecule has 0 bridgehead atoms. The number of aromatic nitrogens is 2. The van der Waals surface area contributed by atoms with E-state index >= 15 is 0 Å². The lowest BCUT2D eigenvalue weighted by Gasteiger charge is -2.33. The van der Waals surface area contributed by atoms with Gasteiger partial charge in [0.1, 0.15) is 11.4 Å². The first kappa shape index (κ1) is 21.9. The standard InChI is InChI=1S/C24H23ClN4O3/c1-2-3-15-4-7-18-20(12-15)24(26-17-6-9-22(32)29(14-17)10-11-30)28-27-23(18)19-8-5-16(25)13-21(19)31/h4-5,7-8,12-13,17,30-31H,6,9-11,14H2,1H3,(H,26,28)/t17-/m1/s1. The number of nitrogens with zero attached hydrogens (tertiary/aromatic N) is 3. The SMILES string of the molecule is CC#Cc1ccc2c(-c3ccc(Cl)cc3O)nnc(N[C@@H]3CCC(=O)N(CCO)C3)c2c1. The molecule has 1 aromatic heterocycles. The molecule has 1 aliphatic heterocycles. The second-order valence-electron chi connectivity index (χ2n) is 7.64. The van der Waals surface area contributed by atoms with Gasteiger partial charge in [0.25, 0.3) is 0 Å². The van der Waals surface area contributed by atoms with Crippen molar-refractivity contribution in [1.82, 2.24) is 15.1 Å². The number of phenols is 1. The van der Waals surface area contributed by atoms with Crippen molar-refractivity contribution < 1.29 is 15.0 Å². The molecule has 1 fully saturated rings. The second-order valence-corrected chi connectivity index (χ2v) is 8.07. The molecular formula is C24H23ClN4O3. The number of nitrogens with one attached hydrogen (secondary N) is 1. The van der Waals surface area contributed by atoms with Crippen LogP contribution in [-0.4, -0.2) is 57.0 Å². The zero-order valence-electron chi connectivity index (χ0n) is 17.6. The topological polar surface area (TPSA) is 98.6 Å². The largest absolute Gasteiger partial charge is 0.507 e. The first-order valence-corrected chi connectivity index (χ1v) is 10.7. The Balaban J connectivity index is 1.76. The molecule has 164 valence electrons. The summed E-state index contributed by atoms with van der Waals surface area (Å²) in [5, 5.41) is 34.0. The number of β-amino-alcohol motifs (C(OH)–C–C–N with tert-alkyl or cyclic N) is 1. The van der Waals surface area contributed by atoms with Crippen molar-refractivity contribution in [3.8, 4) is 28.8 Å². The summed E-state index contributed by atoms with van der Waals surface area (Å²) in [4.78, 5) is 13.7. The van der Waals surface area contributed by atoms with Crippen molar-refractivity contribution in [3.05, 3.63) is 47.0 Å². The molecule has 1 amide bonds. The van der Waals surface area contributed by atoms with Gasteiger partial charge in [-0.3, -0.25) is 4.79 Å². The van der Waals surface area contributed by atoms with Crippen LogP contribution in [0.2, 0.25) is 5.02 Å². The first-order valence-electron chi connectivity index (χ1n) is 10.4. The van der Waals surface area contributed by atoms with Crippen LogP contribution in [-0.2, 0) is 4.79 Å². The summed E-state index contributed by atoms with van der Waals surface area (Å²) in [5.74, 6) is 6.62. The second kappa shape index (κ2) is 9.43. The lowest BCUT2D eigenvalue weighted by atomic mass is 10.0. The number of likely N-dealkylation sites (tertiary alicyclic amines) is 1. The van der Waals surface area contributed by atoms with Gasteiger partial charge in [0.15, 0.2) is 5.82 Å². The number of aromatic hydroxyl groups is 1. The van der Waals surface area contributed by atoms with E-state index in [-0.39, 0.29) is 24.3 Å². The molecule has 4 rings (SSSR count). The molecule has 2 aromatic carbocycles. The summed E-state index contributed by atoms with van der Waals surface area (Å²) in [7, 11) is 0. The fourth-order valence-corrected chi connectivity index (χ4v) is 4.12. The number of carbonyl (C=O) groups is 1. The van der Waals surface area contributed by atoms with Crippen LogP contribution in [0.15, 0.2) is 36.4 Å². The van der Waals surface area contributed by atoms with Crippen LogP contribution >= 0.6 is 11.6 Å². The summed E-state index contributed by atoms with van der Waals surface area (Å²) in [5.41, 5.74) is 1.91. The number of piperidine rings is 1. The molecule has 7 nitrogen and oxygen atoms in total. The Labute approximate surface area is 191 Å². The Morgan fingerprint density at radius 3 is 2.81 bits per heavy atom. The number of fused-ring (bicyclic) bond motifs is 1. The zero-order chi connectivity index (χ0) is 22.7. The van der Waals surface area contributed by atoms with Crippen molar-refractivity contribution in [2.24, 2.45) is 0 Å². The maximum absolute atomic E-state index is 12.1. The van der Waals surface area contributed by atoms with E-state index < -0.39 is 0 Å². The highest BCUT2D eigenvalue weighted by atomic mass is 35.5. The van der Waals surface area contributed by atoms with Crippen LogP contribution in [0.5, 0.6) is 5.75 Å². The normalized spacial score (nSPS) is 16.0. The van der Waals surface area contributed by atoms with Crippen LogP contribution in [0.1, 0.15) is 25.3 Å². The molecule has 3 N–H and O–H groups in total. The molecule has 32 heavy (non-hydrogen) atoms. The maximum atomic E-state index is 12.1. The average molecular weight is 451 g/mol. The van der Waals surface area contributed by atoms with Crippen molar-refractivity contribution in [2.75, 3.05) is 25.0 Å². The maximum Gasteiger partial charge on any atom is 0.222 e. The smallest absolute Gasteiger partial charge is 0.222 e. The molecule has 0 spiro atoms. The van der Waals surface area contributed by atoms with Gasteiger partial charge >= 0.3 is 0 Å². The number of rotatable bonds is 5. The Morgan fingerprint density at radius 2 is 2.06 bits per heavy atom. The molecule has 2 heterocycles. The van der Waals surface area contributed by atoms with Crippen LogP contribution in [0.25, 0.3) is 22.0 Å². The average Bonchev–Trinajstić information content (AvgIpc) is 2.77. The van der Waals surface area contributed by atoms with Gasteiger partial charge in [-0.25, -0.2) is 0 Å². The highest BCUT2D eigenvalue weighted by molar-refractivity contribution is 6.30. The molecule has 0 unspecified atom stereocenters. The zero-order valence-corrected chi connectivity index (χ0v) is 18.4. The third-order valence-corrected chi connectivity index (χ3v) is 5.71. The van der Waals surface area contributed by atoms with Crippen molar-refractivity contribution in [3.63, 3.8) is 0 Å². The molecule has 1 atom stereocenters. The van der Waals surface area contributed by atoms with E-state index in [9.17, 15) is 15.0 Å². The number of anilines is 1. The van der Waals surface area contributed by atoms with Crippen LogP contribution in [0, 0.1) is 11.8 Å². The van der Waals surface area contributed by atoms with Crippen LogP contribution < -0.4 is 5.32 Å². The number of hydrogen-bond acceptors (Lipinski definition) is 6. The number of phenolic OH excluding ortho intramolecular Hbond substituents is 1. The summed E-state index contributed by atoms with van der Waals surface area (Å²) >= 11 is 5.99. The molecule has 3 aromatic rings. The number of carbonyl (C=O) groups excluding carboxylic acids is 1. The van der Waals surface area contributed by atoms with Gasteiger partial charge in [-0.05, 0) is 43.7 Å². The van der Waals surface area contributed by atoms with Gasteiger partial charge in [0.05, 0.1) is 6.61 Å². The fourth-order valence-electron chi connectivity index (χ4n) is 3.95. The summed E-state index contributed by atoms with van der Waals surface area (Å²) in [6, 6.07) is 10.6. The number of halogens is 1. The number of benzene rings is 2. The quantitative estimate of drug-likeness (QED) is 0.515. The van der Waals surface area contributed by atoms with E-state index in [0.717, 1.165) is 16.3 Å². The number of aliphatic hydroxyl groups is 1. The predicted octanol–water partition coefficient (Wildman–Crippen LogP) is 3.42. The minimum absolute atomic E-state index is 0.0209. The number of aliphatic hydroxyl groups excluding tert-OH is 1. The highest BCUT2D eigenvalue weighted by Crippen LogP contribution is 2.36. The minimum atomic E-state index is -0.0699. The Morgan fingerprint density at radius 1 is 1.22 bits per heavy atom. The molecule has 0 aliphatic carbocycles. The molecule has 0 saturated carbocycles. The van der Waals surface area contributed by atoms with Crippen molar-refractivity contribution >= 4 is 34.1 Å². The monoisotopic (exact) mass is 450 g/mol. The van der Waals surface area contributed by atoms with E-state index in [1.807, 2.05) is 18.2 Å². The van der Waals surface area contributed by atoms with E-state index in [0.29, 0.717) is 48.0 Å². The van der Waals surface area contributed by atoms with Gasteiger partial charge in [0, 0.05) is 52.5 Å². The predicted molar refractivity (Wildman–Crippen MR) is 125 cm³/mol. The van der Waals surface area contributed by atoms with Gasteiger partial charge < -0.3 is 20.4 Å². The third-order valence-electron chi connectivity index (χ3n) is 5.47. The van der Waals surface area contributed by atoms with Crippen molar-refractivity contribution in [2.45, 2.75) is 25.8 Å². The minimum Gasteiger partial charge on any atom is -0.507 e. The van der Waals surface area contributed by atoms with E-state index in [4.69, 9.17) is 11.6 Å². The molecule has 8 heteroatoms. The molecular weight excluding hydrogens is 428 g/mol. The van der Waals surface area contributed by atoms with Gasteiger partial charge in [-0.15, -0.1) is 16.1 Å². The molecule has 1 saturated heterocycles. The van der Waals surface area contributed by atoms with E-state index in [2.05, 4.69) is 27.4 Å². The Kier molecular flexibility index (Phi) is 6.45. The van der Waals surface area contributed by atoms with Crippen LogP contribution in [0.4, 0.5) is 5.82 Å². The number of amides is 1. The molecule has 1 aliphatic rings. The van der Waals surface area contributed by atoms with E-state index in [1.54, 1.807) is 24.0 Å². The van der Waals surface area contributed by atoms with Crippen LogP contribution in [0.3, 0.4) is 0 Å². The first-order chi connectivity index (χ1) is 15.5.